The fourth-order valence-electron chi connectivity index (χ4n) is 3.66. The summed E-state index contributed by atoms with van der Waals surface area (Å²) in [6.45, 7) is 10.0. The number of sulfonamides is 1. The number of carbonyl (C=O) groups excluding carboxylic acids is 1. The topological polar surface area (TPSA) is 66.5 Å². The Hall–Kier alpha value is -3.22. The number of hydrogen-bond donors (Lipinski definition) is 1. The van der Waals surface area contributed by atoms with Gasteiger partial charge in [0, 0.05) is 24.3 Å². The number of nitrogens with zero attached hydrogens (tertiary/aromatic N) is 1. The SMILES string of the molecule is C=CCN(Cc1ccc(C(=O)Nc2c(C)cc(C)cc2C)cc1)S(=O)(=O)c1ccccc1. The molecule has 0 fully saturated rings. The summed E-state index contributed by atoms with van der Waals surface area (Å²) in [7, 11) is -3.66. The summed E-state index contributed by atoms with van der Waals surface area (Å²) in [4.78, 5) is 13.0. The Bertz CT molecular complexity index is 1190. The lowest BCUT2D eigenvalue weighted by Crippen LogP contribution is -2.30. The van der Waals surface area contributed by atoms with Crippen LogP contribution < -0.4 is 5.32 Å². The molecule has 0 spiro atoms. The number of carbonyl (C=O) groups is 1. The van der Waals surface area contributed by atoms with Gasteiger partial charge in [-0.1, -0.05) is 54.1 Å². The van der Waals surface area contributed by atoms with E-state index in [1.54, 1.807) is 60.7 Å². The first-order valence-corrected chi connectivity index (χ1v) is 11.8. The highest BCUT2D eigenvalue weighted by Gasteiger charge is 2.23. The minimum atomic E-state index is -3.66. The molecule has 0 aromatic heterocycles. The van der Waals surface area contributed by atoms with Crippen LogP contribution in [0.1, 0.15) is 32.6 Å². The maximum Gasteiger partial charge on any atom is 0.255 e. The van der Waals surface area contributed by atoms with Crippen molar-refractivity contribution < 1.29 is 13.2 Å². The fraction of sp³-hybridized carbons (Fsp3) is 0.192. The van der Waals surface area contributed by atoms with E-state index in [9.17, 15) is 13.2 Å². The third kappa shape index (κ3) is 5.33. The monoisotopic (exact) mass is 448 g/mol. The Labute approximate surface area is 190 Å². The molecule has 5 nitrogen and oxygen atoms in total. The lowest BCUT2D eigenvalue weighted by Gasteiger charge is -2.21. The van der Waals surface area contributed by atoms with Crippen LogP contribution in [0.4, 0.5) is 5.69 Å². The van der Waals surface area contributed by atoms with Crippen LogP contribution in [0.25, 0.3) is 0 Å². The summed E-state index contributed by atoms with van der Waals surface area (Å²) in [5.41, 5.74) is 5.28. The first-order chi connectivity index (χ1) is 15.2. The van der Waals surface area contributed by atoms with Crippen LogP contribution in [0, 0.1) is 20.8 Å². The Morgan fingerprint density at radius 1 is 0.969 bits per heavy atom. The van der Waals surface area contributed by atoms with Crippen LogP contribution in [0.15, 0.2) is 84.3 Å². The zero-order chi connectivity index (χ0) is 23.3. The van der Waals surface area contributed by atoms with Crippen molar-refractivity contribution in [3.8, 4) is 0 Å². The van der Waals surface area contributed by atoms with Gasteiger partial charge in [0.25, 0.3) is 5.91 Å². The molecule has 0 heterocycles. The van der Waals surface area contributed by atoms with Crippen molar-refractivity contribution >= 4 is 21.6 Å². The lowest BCUT2D eigenvalue weighted by atomic mass is 10.0. The first-order valence-electron chi connectivity index (χ1n) is 10.4. The number of nitrogens with one attached hydrogen (secondary N) is 1. The summed E-state index contributed by atoms with van der Waals surface area (Å²) in [6.07, 6.45) is 1.56. The molecule has 3 aromatic rings. The highest BCUT2D eigenvalue weighted by molar-refractivity contribution is 7.89. The van der Waals surface area contributed by atoms with Crippen molar-refractivity contribution in [3.63, 3.8) is 0 Å². The predicted octanol–water partition coefficient (Wildman–Crippen LogP) is 5.24. The second-order valence-corrected chi connectivity index (χ2v) is 9.76. The van der Waals surface area contributed by atoms with Gasteiger partial charge in [0.1, 0.15) is 0 Å². The lowest BCUT2D eigenvalue weighted by molar-refractivity contribution is 0.102. The maximum atomic E-state index is 13.0. The highest BCUT2D eigenvalue weighted by atomic mass is 32.2. The third-order valence-electron chi connectivity index (χ3n) is 5.20. The summed E-state index contributed by atoms with van der Waals surface area (Å²) in [6, 6.07) is 19.4. The molecule has 0 aliphatic carbocycles. The highest BCUT2D eigenvalue weighted by Crippen LogP contribution is 2.23. The molecule has 0 saturated heterocycles. The van der Waals surface area contributed by atoms with E-state index in [0.29, 0.717) is 5.56 Å². The Kier molecular flexibility index (Phi) is 7.28. The molecule has 166 valence electrons. The van der Waals surface area contributed by atoms with E-state index in [4.69, 9.17) is 0 Å². The molecule has 0 saturated carbocycles. The van der Waals surface area contributed by atoms with Crippen LogP contribution in [-0.2, 0) is 16.6 Å². The van der Waals surface area contributed by atoms with Crippen molar-refractivity contribution in [1.82, 2.24) is 4.31 Å². The van der Waals surface area contributed by atoms with Gasteiger partial charge in [0.05, 0.1) is 4.90 Å². The van der Waals surface area contributed by atoms with Crippen LogP contribution in [0.3, 0.4) is 0 Å². The van der Waals surface area contributed by atoms with Crippen molar-refractivity contribution in [2.75, 3.05) is 11.9 Å². The summed E-state index contributed by atoms with van der Waals surface area (Å²) in [5.74, 6) is -0.202. The van der Waals surface area contributed by atoms with Gasteiger partial charge in [0.15, 0.2) is 0 Å². The average Bonchev–Trinajstić information content (AvgIpc) is 2.77. The van der Waals surface area contributed by atoms with Gasteiger partial charge < -0.3 is 5.32 Å². The Balaban J connectivity index is 1.77. The summed E-state index contributed by atoms with van der Waals surface area (Å²) < 4.78 is 27.4. The van der Waals surface area contributed by atoms with E-state index in [2.05, 4.69) is 11.9 Å². The second kappa shape index (κ2) is 9.94. The molecule has 32 heavy (non-hydrogen) atoms. The van der Waals surface area contributed by atoms with Gasteiger partial charge in [-0.25, -0.2) is 8.42 Å². The van der Waals surface area contributed by atoms with Gasteiger partial charge in [-0.15, -0.1) is 6.58 Å². The van der Waals surface area contributed by atoms with Crippen LogP contribution in [-0.4, -0.2) is 25.2 Å². The molecule has 3 rings (SSSR count). The molecule has 1 N–H and O–H groups in total. The number of rotatable bonds is 8. The molecule has 0 aliphatic heterocycles. The van der Waals surface area contributed by atoms with Crippen molar-refractivity contribution in [2.24, 2.45) is 0 Å². The van der Waals surface area contributed by atoms with Crippen molar-refractivity contribution in [3.05, 3.63) is 107 Å². The largest absolute Gasteiger partial charge is 0.322 e. The van der Waals surface area contributed by atoms with Gasteiger partial charge in [-0.05, 0) is 61.7 Å². The molecule has 3 aromatic carbocycles. The quantitative estimate of drug-likeness (QED) is 0.479. The van der Waals surface area contributed by atoms with Gasteiger partial charge in [-0.2, -0.15) is 4.31 Å². The molecule has 6 heteroatoms. The third-order valence-corrected chi connectivity index (χ3v) is 7.03. The van der Waals surface area contributed by atoms with E-state index >= 15 is 0 Å². The minimum absolute atomic E-state index is 0.182. The molecule has 0 aliphatic rings. The van der Waals surface area contributed by atoms with Crippen LogP contribution >= 0.6 is 0 Å². The van der Waals surface area contributed by atoms with Gasteiger partial charge in [-0.3, -0.25) is 4.79 Å². The van der Waals surface area contributed by atoms with Crippen molar-refractivity contribution in [2.45, 2.75) is 32.2 Å². The predicted molar refractivity (Wildman–Crippen MR) is 129 cm³/mol. The smallest absolute Gasteiger partial charge is 0.255 e. The van der Waals surface area contributed by atoms with Crippen LogP contribution in [0.2, 0.25) is 0 Å². The van der Waals surface area contributed by atoms with E-state index in [-0.39, 0.29) is 23.9 Å². The molecular formula is C26H28N2O3S. The van der Waals surface area contributed by atoms with Gasteiger partial charge in [0.2, 0.25) is 10.0 Å². The van der Waals surface area contributed by atoms with E-state index in [1.807, 2.05) is 32.9 Å². The summed E-state index contributed by atoms with van der Waals surface area (Å²) >= 11 is 0. The number of anilines is 1. The Morgan fingerprint density at radius 2 is 1.56 bits per heavy atom. The molecule has 1 amide bonds. The summed E-state index contributed by atoms with van der Waals surface area (Å²) in [5, 5.41) is 2.99. The molecule has 0 radical (unpaired) electrons. The van der Waals surface area contributed by atoms with E-state index < -0.39 is 10.0 Å². The number of hydrogen-bond acceptors (Lipinski definition) is 3. The van der Waals surface area contributed by atoms with Crippen LogP contribution in [0.5, 0.6) is 0 Å². The van der Waals surface area contributed by atoms with Gasteiger partial charge >= 0.3 is 0 Å². The van der Waals surface area contributed by atoms with Crippen molar-refractivity contribution in [1.29, 1.82) is 0 Å². The number of amides is 1. The van der Waals surface area contributed by atoms with E-state index in [0.717, 1.165) is 27.9 Å². The Morgan fingerprint density at radius 3 is 2.12 bits per heavy atom. The minimum Gasteiger partial charge on any atom is -0.322 e. The first kappa shape index (κ1) is 23.4. The average molecular weight is 449 g/mol. The molecule has 0 unspecified atom stereocenters. The van der Waals surface area contributed by atoms with E-state index in [1.165, 1.54) is 4.31 Å². The number of benzene rings is 3. The number of aryl methyl sites for hydroxylation is 3. The zero-order valence-electron chi connectivity index (χ0n) is 18.6. The standard InChI is InChI=1S/C26H28N2O3S/c1-5-15-28(32(30,31)24-9-7-6-8-10-24)18-22-11-13-23(14-12-22)26(29)27-25-20(3)16-19(2)17-21(25)4/h5-14,16-17H,1,15,18H2,2-4H3,(H,27,29). The molecule has 0 atom stereocenters. The molecular weight excluding hydrogens is 420 g/mol. The maximum absolute atomic E-state index is 13.0. The second-order valence-electron chi connectivity index (χ2n) is 7.82. The fourth-order valence-corrected chi connectivity index (χ4v) is 5.08. The zero-order valence-corrected chi connectivity index (χ0v) is 19.4. The normalized spacial score (nSPS) is 11.4. The molecule has 0 bridgehead atoms.